The molecule has 0 aromatic carbocycles. The Balaban J connectivity index is 0.00000364. The third-order valence-electron chi connectivity index (χ3n) is 5.81. The van der Waals surface area contributed by atoms with Crippen molar-refractivity contribution in [2.24, 2.45) is 11.8 Å². The molecule has 1 amide bonds. The summed E-state index contributed by atoms with van der Waals surface area (Å²) in [5.41, 5.74) is 0. The number of Topliss-reactive ketones (excluding diaryl/α,β-unsaturated/α-hetero) is 1. The first-order valence-electron chi connectivity index (χ1n) is 10.3. The van der Waals surface area contributed by atoms with Crippen molar-refractivity contribution < 1.29 is 20.5 Å². The van der Waals surface area contributed by atoms with Gasteiger partial charge in [0, 0.05) is 32.5 Å². The summed E-state index contributed by atoms with van der Waals surface area (Å²) in [7, 11) is 0. The lowest BCUT2D eigenvalue weighted by atomic mass is 9.82. The van der Waals surface area contributed by atoms with Crippen molar-refractivity contribution in [1.29, 1.82) is 0 Å². The molecule has 0 radical (unpaired) electrons. The lowest BCUT2D eigenvalue weighted by Crippen LogP contribution is -2.46. The van der Waals surface area contributed by atoms with Gasteiger partial charge in [-0.05, 0) is 65.5 Å². The molecule has 1 saturated carbocycles. The van der Waals surface area contributed by atoms with E-state index < -0.39 is 0 Å². The van der Waals surface area contributed by atoms with Crippen molar-refractivity contribution in [3.63, 3.8) is 0 Å². The van der Waals surface area contributed by atoms with Gasteiger partial charge >= 0.3 is 0 Å². The van der Waals surface area contributed by atoms with Gasteiger partial charge in [-0.15, -0.1) is 0 Å². The molecular weight excluding hydrogens is 332 g/mol. The van der Waals surface area contributed by atoms with Crippen molar-refractivity contribution >= 4 is 11.7 Å². The second-order valence-corrected chi connectivity index (χ2v) is 7.53. The van der Waals surface area contributed by atoms with Gasteiger partial charge in [-0.1, -0.05) is 0 Å². The number of likely N-dealkylation sites (tertiary alicyclic amines) is 1. The summed E-state index contributed by atoms with van der Waals surface area (Å²) in [5, 5.41) is 3.00. The molecular formula is C20H38N2O4. The van der Waals surface area contributed by atoms with E-state index in [0.717, 1.165) is 51.6 Å². The normalized spacial score (nSPS) is 25.2. The molecule has 1 N–H and O–H groups in total. The number of amides is 1. The third-order valence-corrected chi connectivity index (χ3v) is 5.81. The zero-order valence-corrected chi connectivity index (χ0v) is 16.5. The Morgan fingerprint density at radius 3 is 2.23 bits per heavy atom. The van der Waals surface area contributed by atoms with Crippen LogP contribution in [0.2, 0.25) is 0 Å². The molecule has 2 fully saturated rings. The molecule has 0 aromatic rings. The fraction of sp³-hybridized carbons (Fsp3) is 0.900. The maximum absolute atomic E-state index is 12.3. The fourth-order valence-electron chi connectivity index (χ4n) is 4.13. The number of hydrogen-bond acceptors (Lipinski definition) is 5. The Morgan fingerprint density at radius 2 is 1.62 bits per heavy atom. The maximum atomic E-state index is 12.3. The van der Waals surface area contributed by atoms with Gasteiger partial charge in [0.05, 0.1) is 19.8 Å². The Morgan fingerprint density at radius 1 is 0.962 bits per heavy atom. The summed E-state index contributed by atoms with van der Waals surface area (Å²) in [4.78, 5) is 26.3. The second-order valence-electron chi connectivity index (χ2n) is 7.53. The molecule has 0 unspecified atom stereocenters. The SMILES string of the molecule is CCOCCOCCNC(=O)C1CCN(C2CCC(C(C)=O)CC2)CC1.[HH]. The van der Waals surface area contributed by atoms with Crippen LogP contribution < -0.4 is 5.32 Å². The van der Waals surface area contributed by atoms with Crippen LogP contribution in [-0.2, 0) is 19.1 Å². The van der Waals surface area contributed by atoms with Crippen LogP contribution in [0.15, 0.2) is 0 Å². The van der Waals surface area contributed by atoms with E-state index in [1.54, 1.807) is 6.92 Å². The van der Waals surface area contributed by atoms with E-state index in [-0.39, 0.29) is 19.2 Å². The summed E-state index contributed by atoms with van der Waals surface area (Å²) in [6.07, 6.45) is 6.18. The quantitative estimate of drug-likeness (QED) is 0.598. The summed E-state index contributed by atoms with van der Waals surface area (Å²) >= 11 is 0. The van der Waals surface area contributed by atoms with Gasteiger partial charge in [-0.25, -0.2) is 0 Å². The molecule has 1 saturated heterocycles. The van der Waals surface area contributed by atoms with Gasteiger partial charge in [-0.3, -0.25) is 9.59 Å². The highest BCUT2D eigenvalue weighted by atomic mass is 16.5. The van der Waals surface area contributed by atoms with Crippen LogP contribution in [-0.4, -0.2) is 68.7 Å². The molecule has 1 aliphatic carbocycles. The minimum atomic E-state index is 0. The lowest BCUT2D eigenvalue weighted by Gasteiger charge is -2.40. The Kier molecular flexibility index (Phi) is 9.57. The molecule has 26 heavy (non-hydrogen) atoms. The standard InChI is InChI=1S/C20H36N2O4.H2/c1-3-25-14-15-26-13-10-21-20(24)18-8-11-22(12-9-18)19-6-4-17(5-7-19)16(2)23;/h17-19H,3-15H2,1-2H3,(H,21,24);1H. The van der Waals surface area contributed by atoms with Crippen LogP contribution >= 0.6 is 0 Å². The average Bonchev–Trinajstić information content (AvgIpc) is 2.67. The fourth-order valence-corrected chi connectivity index (χ4v) is 4.13. The molecule has 0 aromatic heterocycles. The van der Waals surface area contributed by atoms with Crippen molar-refractivity contribution in [2.45, 2.75) is 58.4 Å². The van der Waals surface area contributed by atoms with Crippen LogP contribution in [0, 0.1) is 11.8 Å². The minimum absolute atomic E-state index is 0. The van der Waals surface area contributed by atoms with E-state index in [0.29, 0.717) is 44.8 Å². The van der Waals surface area contributed by atoms with Crippen LogP contribution in [0.25, 0.3) is 0 Å². The van der Waals surface area contributed by atoms with Crippen LogP contribution in [0.5, 0.6) is 0 Å². The predicted molar refractivity (Wildman–Crippen MR) is 103 cm³/mol. The smallest absolute Gasteiger partial charge is 0.223 e. The highest BCUT2D eigenvalue weighted by Crippen LogP contribution is 2.30. The van der Waals surface area contributed by atoms with E-state index in [9.17, 15) is 9.59 Å². The van der Waals surface area contributed by atoms with Crippen LogP contribution in [0.1, 0.15) is 53.8 Å². The third kappa shape index (κ3) is 6.97. The van der Waals surface area contributed by atoms with E-state index in [2.05, 4.69) is 10.2 Å². The van der Waals surface area contributed by atoms with Gasteiger partial charge in [0.15, 0.2) is 0 Å². The van der Waals surface area contributed by atoms with Gasteiger partial charge in [-0.2, -0.15) is 0 Å². The van der Waals surface area contributed by atoms with E-state index in [4.69, 9.17) is 9.47 Å². The van der Waals surface area contributed by atoms with E-state index >= 15 is 0 Å². The minimum Gasteiger partial charge on any atom is -0.379 e. The van der Waals surface area contributed by atoms with Crippen molar-refractivity contribution in [3.05, 3.63) is 0 Å². The van der Waals surface area contributed by atoms with Gasteiger partial charge in [0.1, 0.15) is 5.78 Å². The predicted octanol–water partition coefficient (Wildman–Crippen LogP) is 2.26. The van der Waals surface area contributed by atoms with E-state index in [1.165, 1.54) is 0 Å². The number of ether oxygens (including phenoxy) is 2. The average molecular weight is 371 g/mol. The molecule has 0 spiro atoms. The summed E-state index contributed by atoms with van der Waals surface area (Å²) in [6.45, 7) is 8.68. The van der Waals surface area contributed by atoms with E-state index in [1.807, 2.05) is 6.92 Å². The maximum Gasteiger partial charge on any atom is 0.223 e. The zero-order valence-electron chi connectivity index (χ0n) is 16.5. The van der Waals surface area contributed by atoms with Gasteiger partial charge < -0.3 is 19.7 Å². The van der Waals surface area contributed by atoms with Crippen molar-refractivity contribution in [1.82, 2.24) is 10.2 Å². The number of nitrogens with one attached hydrogen (secondary N) is 1. The number of carbonyl (C=O) groups is 2. The van der Waals surface area contributed by atoms with Crippen molar-refractivity contribution in [2.75, 3.05) is 46.1 Å². The number of carbonyl (C=O) groups excluding carboxylic acids is 2. The van der Waals surface area contributed by atoms with Crippen molar-refractivity contribution in [3.8, 4) is 0 Å². The summed E-state index contributed by atoms with van der Waals surface area (Å²) in [5.74, 6) is 0.924. The van der Waals surface area contributed by atoms with Gasteiger partial charge in [0.25, 0.3) is 0 Å². The number of rotatable bonds is 10. The molecule has 2 rings (SSSR count). The topological polar surface area (TPSA) is 67.9 Å². The number of hydrogen-bond donors (Lipinski definition) is 1. The Bertz CT molecular complexity index is 434. The summed E-state index contributed by atoms with van der Waals surface area (Å²) < 4.78 is 10.6. The Labute approximate surface area is 159 Å². The molecule has 152 valence electrons. The largest absolute Gasteiger partial charge is 0.379 e. The number of nitrogens with zero attached hydrogens (tertiary/aromatic N) is 1. The zero-order chi connectivity index (χ0) is 18.8. The monoisotopic (exact) mass is 370 g/mol. The summed E-state index contributed by atoms with van der Waals surface area (Å²) in [6, 6.07) is 0.605. The van der Waals surface area contributed by atoms with Crippen LogP contribution in [0.3, 0.4) is 0 Å². The molecule has 0 atom stereocenters. The first-order chi connectivity index (χ1) is 12.6. The molecule has 6 nitrogen and oxygen atoms in total. The Hall–Kier alpha value is -0.980. The molecule has 1 heterocycles. The number of ketones is 1. The number of piperidine rings is 1. The second kappa shape index (κ2) is 11.7. The first-order valence-corrected chi connectivity index (χ1v) is 10.3. The highest BCUT2D eigenvalue weighted by molar-refractivity contribution is 5.79. The lowest BCUT2D eigenvalue weighted by molar-refractivity contribution is -0.127. The first kappa shape index (κ1) is 21.3. The molecule has 1 aliphatic heterocycles. The molecule has 2 aliphatic rings. The van der Waals surface area contributed by atoms with Gasteiger partial charge in [0.2, 0.25) is 5.91 Å². The van der Waals surface area contributed by atoms with Crippen LogP contribution in [0.4, 0.5) is 0 Å². The molecule has 6 heteroatoms. The highest BCUT2D eigenvalue weighted by Gasteiger charge is 2.31. The molecule has 0 bridgehead atoms.